The van der Waals surface area contributed by atoms with Crippen molar-refractivity contribution < 1.29 is 13.9 Å². The third kappa shape index (κ3) is 3.76. The number of aromatic amines is 1. The van der Waals surface area contributed by atoms with Crippen LogP contribution in [0.3, 0.4) is 0 Å². The van der Waals surface area contributed by atoms with Crippen molar-refractivity contribution in [2.75, 3.05) is 25.0 Å². The van der Waals surface area contributed by atoms with E-state index >= 15 is 0 Å². The number of alkyl halides is 1. The van der Waals surface area contributed by atoms with Gasteiger partial charge < -0.3 is 15.7 Å². The van der Waals surface area contributed by atoms with E-state index in [1.54, 1.807) is 23.6 Å². The smallest absolute Gasteiger partial charge is 0.171 e. The molecule has 1 aliphatic rings. The molecule has 1 aromatic carbocycles. The number of aliphatic hydroxyl groups is 1. The standard InChI is InChI=1S/C23H22F2N8O/c1-12-22(18(8-26)32-31-12)23-13(4-5-34)2-3-21(30-23)33-11-28-17-6-14(24)16(7-20(17)33)29-19-10-27-9-15(19)25/h2-3,6-7,11,15,19,27,29,34H,4-5,9-10H2,1H3,(H,31,32)/t15-,19+/m1/s1. The fourth-order valence-corrected chi connectivity index (χ4v) is 4.26. The molecule has 0 radical (unpaired) electrons. The first-order valence-electron chi connectivity index (χ1n) is 10.8. The molecule has 3 aromatic heterocycles. The third-order valence-corrected chi connectivity index (χ3v) is 6.00. The predicted octanol–water partition coefficient (Wildman–Crippen LogP) is 2.39. The maximum Gasteiger partial charge on any atom is 0.171 e. The van der Waals surface area contributed by atoms with Gasteiger partial charge in [0.15, 0.2) is 5.69 Å². The Kier molecular flexibility index (Phi) is 5.69. The van der Waals surface area contributed by atoms with Gasteiger partial charge in [-0.3, -0.25) is 9.67 Å². The Morgan fingerprint density at radius 2 is 2.18 bits per heavy atom. The zero-order chi connectivity index (χ0) is 23.8. The molecule has 1 saturated heterocycles. The van der Waals surface area contributed by atoms with Crippen LogP contribution in [0.15, 0.2) is 30.6 Å². The highest BCUT2D eigenvalue weighted by Crippen LogP contribution is 2.30. The van der Waals surface area contributed by atoms with Gasteiger partial charge in [-0.2, -0.15) is 10.4 Å². The number of rotatable bonds is 6. The number of imidazole rings is 1. The molecule has 0 saturated carbocycles. The molecule has 174 valence electrons. The number of benzene rings is 1. The minimum Gasteiger partial charge on any atom is -0.396 e. The summed E-state index contributed by atoms with van der Waals surface area (Å²) in [6.07, 6.45) is 0.770. The van der Waals surface area contributed by atoms with Crippen LogP contribution in [0.5, 0.6) is 0 Å². The minimum atomic E-state index is -1.11. The molecular weight excluding hydrogens is 442 g/mol. The number of aliphatic hydroxyl groups excluding tert-OH is 1. The number of H-pyrrole nitrogens is 1. The van der Waals surface area contributed by atoms with Gasteiger partial charge in [-0.05, 0) is 31.0 Å². The van der Waals surface area contributed by atoms with Gasteiger partial charge in [0.25, 0.3) is 0 Å². The van der Waals surface area contributed by atoms with Crippen molar-refractivity contribution in [2.24, 2.45) is 0 Å². The molecule has 5 rings (SSSR count). The molecule has 1 aliphatic heterocycles. The van der Waals surface area contributed by atoms with Crippen molar-refractivity contribution in [3.8, 4) is 23.1 Å². The zero-order valence-corrected chi connectivity index (χ0v) is 18.3. The highest BCUT2D eigenvalue weighted by atomic mass is 19.1. The quantitative estimate of drug-likeness (QED) is 0.345. The summed E-state index contributed by atoms with van der Waals surface area (Å²) in [4.78, 5) is 9.08. The van der Waals surface area contributed by atoms with Gasteiger partial charge in [0.1, 0.15) is 30.2 Å². The van der Waals surface area contributed by atoms with E-state index in [0.29, 0.717) is 46.8 Å². The largest absolute Gasteiger partial charge is 0.396 e. The molecule has 4 N–H and O–H groups in total. The Morgan fingerprint density at radius 3 is 2.91 bits per heavy atom. The second-order valence-corrected chi connectivity index (χ2v) is 8.20. The monoisotopic (exact) mass is 464 g/mol. The van der Waals surface area contributed by atoms with Gasteiger partial charge >= 0.3 is 0 Å². The molecule has 0 spiro atoms. The van der Waals surface area contributed by atoms with Crippen molar-refractivity contribution >= 4 is 16.7 Å². The summed E-state index contributed by atoms with van der Waals surface area (Å²) in [7, 11) is 0. The SMILES string of the molecule is Cc1[nH]nc(C#N)c1-c1nc(-n2cnc3cc(F)c(N[C@H]4CNC[C@H]4F)cc32)ccc1CCO. The van der Waals surface area contributed by atoms with E-state index in [9.17, 15) is 19.1 Å². The summed E-state index contributed by atoms with van der Waals surface area (Å²) >= 11 is 0. The number of nitrogens with one attached hydrogen (secondary N) is 3. The van der Waals surface area contributed by atoms with Crippen molar-refractivity contribution in [1.82, 2.24) is 30.0 Å². The molecule has 0 amide bonds. The average Bonchev–Trinajstić information content (AvgIpc) is 3.53. The molecule has 4 aromatic rings. The Morgan fingerprint density at radius 1 is 1.32 bits per heavy atom. The Labute approximate surface area is 193 Å². The molecule has 0 aliphatic carbocycles. The number of nitrogens with zero attached hydrogens (tertiary/aromatic N) is 5. The van der Waals surface area contributed by atoms with Crippen molar-refractivity contribution in [3.05, 3.63) is 53.4 Å². The van der Waals surface area contributed by atoms with Gasteiger partial charge in [0.2, 0.25) is 0 Å². The third-order valence-electron chi connectivity index (χ3n) is 6.00. The molecule has 2 atom stereocenters. The average molecular weight is 464 g/mol. The number of aromatic nitrogens is 5. The number of halogens is 2. The lowest BCUT2D eigenvalue weighted by atomic mass is 10.0. The number of fused-ring (bicyclic) bond motifs is 1. The first-order chi connectivity index (χ1) is 16.5. The predicted molar refractivity (Wildman–Crippen MR) is 122 cm³/mol. The van der Waals surface area contributed by atoms with Gasteiger partial charge in [-0.1, -0.05) is 6.07 Å². The molecular formula is C23H22F2N8O. The van der Waals surface area contributed by atoms with Gasteiger partial charge in [0, 0.05) is 31.5 Å². The van der Waals surface area contributed by atoms with Crippen molar-refractivity contribution in [3.63, 3.8) is 0 Å². The first kappa shape index (κ1) is 21.9. The van der Waals surface area contributed by atoms with Crippen LogP contribution in [-0.4, -0.2) is 61.7 Å². The fraction of sp³-hybridized carbons (Fsp3) is 0.304. The normalized spacial score (nSPS) is 17.9. The van der Waals surface area contributed by atoms with E-state index in [0.717, 1.165) is 5.56 Å². The first-order valence-corrected chi connectivity index (χ1v) is 10.8. The summed E-state index contributed by atoms with van der Waals surface area (Å²) in [6, 6.07) is 8.04. The van der Waals surface area contributed by atoms with Crippen LogP contribution in [-0.2, 0) is 6.42 Å². The number of anilines is 1. The van der Waals surface area contributed by atoms with E-state index in [4.69, 9.17) is 4.98 Å². The summed E-state index contributed by atoms with van der Waals surface area (Å²) in [5.41, 5.74) is 3.91. The lowest BCUT2D eigenvalue weighted by Crippen LogP contribution is -2.29. The highest BCUT2D eigenvalue weighted by molar-refractivity contribution is 5.82. The molecule has 34 heavy (non-hydrogen) atoms. The van der Waals surface area contributed by atoms with Crippen LogP contribution in [0, 0.1) is 24.1 Å². The Hall–Kier alpha value is -3.88. The summed E-state index contributed by atoms with van der Waals surface area (Å²) in [5, 5.41) is 31.8. The fourth-order valence-electron chi connectivity index (χ4n) is 4.26. The molecule has 1 fully saturated rings. The molecule has 0 unspecified atom stereocenters. The summed E-state index contributed by atoms with van der Waals surface area (Å²) in [5.74, 6) is -0.0244. The molecule has 0 bridgehead atoms. The van der Waals surface area contributed by atoms with E-state index < -0.39 is 18.0 Å². The maximum absolute atomic E-state index is 14.7. The summed E-state index contributed by atoms with van der Waals surface area (Å²) in [6.45, 7) is 2.34. The summed E-state index contributed by atoms with van der Waals surface area (Å²) < 4.78 is 30.4. The number of aryl methyl sites for hydroxylation is 1. The second kappa shape index (κ2) is 8.81. The van der Waals surface area contributed by atoms with E-state index in [1.165, 1.54) is 12.4 Å². The number of nitriles is 1. The topological polar surface area (TPSA) is 127 Å². The van der Waals surface area contributed by atoms with Crippen LogP contribution in [0.4, 0.5) is 14.5 Å². The zero-order valence-electron chi connectivity index (χ0n) is 18.3. The second-order valence-electron chi connectivity index (χ2n) is 8.20. The van der Waals surface area contributed by atoms with Crippen molar-refractivity contribution in [2.45, 2.75) is 25.6 Å². The number of hydrogen-bond donors (Lipinski definition) is 4. The van der Waals surface area contributed by atoms with Gasteiger partial charge in [-0.15, -0.1) is 0 Å². The van der Waals surface area contributed by atoms with E-state index in [2.05, 4.69) is 31.9 Å². The van der Waals surface area contributed by atoms with Crippen LogP contribution in [0.1, 0.15) is 17.0 Å². The Balaban J connectivity index is 1.61. The molecule has 4 heterocycles. The van der Waals surface area contributed by atoms with Crippen LogP contribution >= 0.6 is 0 Å². The van der Waals surface area contributed by atoms with Crippen molar-refractivity contribution in [1.29, 1.82) is 5.26 Å². The maximum atomic E-state index is 14.7. The molecule has 11 heteroatoms. The number of hydrogen-bond acceptors (Lipinski definition) is 7. The highest BCUT2D eigenvalue weighted by Gasteiger charge is 2.27. The lowest BCUT2D eigenvalue weighted by molar-refractivity contribution is 0.299. The van der Waals surface area contributed by atoms with Crippen LogP contribution < -0.4 is 10.6 Å². The lowest BCUT2D eigenvalue weighted by Gasteiger charge is -2.16. The van der Waals surface area contributed by atoms with Gasteiger partial charge in [-0.25, -0.2) is 18.7 Å². The van der Waals surface area contributed by atoms with Crippen LogP contribution in [0.2, 0.25) is 0 Å². The number of pyridine rings is 1. The Bertz CT molecular complexity index is 1410. The molecule has 9 nitrogen and oxygen atoms in total. The van der Waals surface area contributed by atoms with Crippen LogP contribution in [0.25, 0.3) is 28.1 Å². The van der Waals surface area contributed by atoms with Gasteiger partial charge in [0.05, 0.1) is 34.0 Å². The minimum absolute atomic E-state index is 0.0826. The van der Waals surface area contributed by atoms with E-state index in [-0.39, 0.29) is 24.5 Å². The van der Waals surface area contributed by atoms with E-state index in [1.807, 2.05) is 6.07 Å².